The number of β-amino-alcohol motifs (C(OH)–C–C–N with tert-alkyl or cyclic N) is 1. The summed E-state index contributed by atoms with van der Waals surface area (Å²) in [6.45, 7) is 4.62. The summed E-state index contributed by atoms with van der Waals surface area (Å²) in [6, 6.07) is 8.22. The highest BCUT2D eigenvalue weighted by molar-refractivity contribution is 7.13. The first kappa shape index (κ1) is 19.1. The van der Waals surface area contributed by atoms with E-state index < -0.39 is 0 Å². The van der Waals surface area contributed by atoms with Crippen LogP contribution < -0.4 is 5.32 Å². The second-order valence-electron chi connectivity index (χ2n) is 6.31. The average Bonchev–Trinajstić information content (AvgIpc) is 3.16. The van der Waals surface area contributed by atoms with Gasteiger partial charge < -0.3 is 10.4 Å². The summed E-state index contributed by atoms with van der Waals surface area (Å²) >= 11 is 1.65. The van der Waals surface area contributed by atoms with E-state index in [4.69, 9.17) is 0 Å². The number of ketones is 1. The van der Waals surface area contributed by atoms with Gasteiger partial charge in [-0.1, -0.05) is 31.2 Å². The Morgan fingerprint density at radius 3 is 2.67 bits per heavy atom. The lowest BCUT2D eigenvalue weighted by atomic mass is 9.92. The number of Topliss-reactive ketones (excluding diaryl/α,β-unsaturated/α-hetero) is 1. The van der Waals surface area contributed by atoms with Crippen molar-refractivity contribution in [3.8, 4) is 10.4 Å². The molecule has 24 heavy (non-hydrogen) atoms. The summed E-state index contributed by atoms with van der Waals surface area (Å²) in [5.74, 6) is 0.370. The van der Waals surface area contributed by atoms with Crippen molar-refractivity contribution in [2.75, 3.05) is 6.54 Å². The van der Waals surface area contributed by atoms with E-state index >= 15 is 0 Å². The van der Waals surface area contributed by atoms with Gasteiger partial charge in [-0.2, -0.15) is 0 Å². The molecule has 4 nitrogen and oxygen atoms in total. The summed E-state index contributed by atoms with van der Waals surface area (Å²) in [5.41, 5.74) is 5.26. The molecule has 1 aliphatic heterocycles. The van der Waals surface area contributed by atoms with Gasteiger partial charge in [-0.05, 0) is 30.4 Å². The lowest BCUT2D eigenvalue weighted by molar-refractivity contribution is -0.121. The van der Waals surface area contributed by atoms with Crippen LogP contribution in [0.4, 0.5) is 0 Å². The molecular formula is C18H23ClN2O2S. The zero-order chi connectivity index (χ0) is 16.4. The van der Waals surface area contributed by atoms with Gasteiger partial charge in [0.05, 0.1) is 28.2 Å². The van der Waals surface area contributed by atoms with Crippen LogP contribution in [-0.4, -0.2) is 34.6 Å². The van der Waals surface area contributed by atoms with Crippen molar-refractivity contribution in [1.29, 1.82) is 0 Å². The van der Waals surface area contributed by atoms with Gasteiger partial charge >= 0.3 is 0 Å². The minimum atomic E-state index is -0.388. The smallest absolute Gasteiger partial charge is 0.150 e. The van der Waals surface area contributed by atoms with E-state index in [2.05, 4.69) is 41.5 Å². The number of nitrogens with one attached hydrogen (secondary N) is 1. The number of hydrogen-bond donors (Lipinski definition) is 2. The van der Waals surface area contributed by atoms with E-state index in [0.717, 1.165) is 5.69 Å². The van der Waals surface area contributed by atoms with Crippen LogP contribution in [0.5, 0.6) is 0 Å². The molecule has 1 saturated heterocycles. The number of rotatable bonds is 5. The first-order valence-electron chi connectivity index (χ1n) is 7.99. The van der Waals surface area contributed by atoms with Crippen LogP contribution in [0.3, 0.4) is 0 Å². The van der Waals surface area contributed by atoms with E-state index in [1.807, 2.05) is 12.4 Å². The molecule has 130 valence electrons. The number of nitrogens with zero attached hydrogens (tertiary/aromatic N) is 1. The third kappa shape index (κ3) is 4.22. The maximum atomic E-state index is 12.3. The fourth-order valence-corrected chi connectivity index (χ4v) is 3.88. The average molecular weight is 367 g/mol. The Labute approximate surface area is 152 Å². The fourth-order valence-electron chi connectivity index (χ4n) is 3.07. The van der Waals surface area contributed by atoms with Crippen LogP contribution >= 0.6 is 23.7 Å². The van der Waals surface area contributed by atoms with Gasteiger partial charge in [0, 0.05) is 13.0 Å². The van der Waals surface area contributed by atoms with Crippen molar-refractivity contribution in [1.82, 2.24) is 10.3 Å². The van der Waals surface area contributed by atoms with Crippen LogP contribution in [0.1, 0.15) is 36.9 Å². The van der Waals surface area contributed by atoms with Crippen LogP contribution in [0.25, 0.3) is 10.4 Å². The molecule has 1 aromatic carbocycles. The molecule has 0 unspecified atom stereocenters. The second kappa shape index (κ2) is 8.21. The van der Waals surface area contributed by atoms with E-state index in [9.17, 15) is 9.90 Å². The molecule has 3 atom stereocenters. The molecule has 3 rings (SSSR count). The number of carbonyl (C=O) groups excluding carboxylic acids is 1. The summed E-state index contributed by atoms with van der Waals surface area (Å²) < 4.78 is 0. The van der Waals surface area contributed by atoms with Crippen LogP contribution in [0.15, 0.2) is 29.8 Å². The van der Waals surface area contributed by atoms with E-state index in [1.54, 1.807) is 11.3 Å². The normalized spacial score (nSPS) is 21.3. The lowest BCUT2D eigenvalue weighted by Gasteiger charge is -2.15. The summed E-state index contributed by atoms with van der Waals surface area (Å²) in [7, 11) is 0. The third-order valence-corrected chi connectivity index (χ3v) is 5.47. The van der Waals surface area contributed by atoms with Crippen molar-refractivity contribution < 1.29 is 9.90 Å². The monoisotopic (exact) mass is 366 g/mol. The summed E-state index contributed by atoms with van der Waals surface area (Å²) in [6.07, 6.45) is 0.652. The number of aliphatic hydroxyl groups is 1. The molecule has 6 heteroatoms. The highest BCUT2D eigenvalue weighted by atomic mass is 35.5. The van der Waals surface area contributed by atoms with Gasteiger partial charge in [-0.25, -0.2) is 4.98 Å². The molecule has 0 bridgehead atoms. The number of aromatic nitrogens is 1. The molecule has 2 aromatic rings. The minimum Gasteiger partial charge on any atom is -0.392 e. The number of halogens is 1. The summed E-state index contributed by atoms with van der Waals surface area (Å²) in [5, 5.41) is 12.6. The fraction of sp³-hybridized carbons (Fsp3) is 0.444. The maximum absolute atomic E-state index is 12.3. The molecule has 2 N–H and O–H groups in total. The highest BCUT2D eigenvalue weighted by Gasteiger charge is 2.28. The van der Waals surface area contributed by atoms with Crippen molar-refractivity contribution in [3.63, 3.8) is 0 Å². The number of hydrogen-bond acceptors (Lipinski definition) is 5. The van der Waals surface area contributed by atoms with Gasteiger partial charge in [0.15, 0.2) is 0 Å². The van der Waals surface area contributed by atoms with Crippen molar-refractivity contribution in [3.05, 3.63) is 41.0 Å². The Morgan fingerprint density at radius 1 is 1.42 bits per heavy atom. The molecule has 1 fully saturated rings. The molecule has 1 aliphatic rings. The van der Waals surface area contributed by atoms with Crippen molar-refractivity contribution >= 4 is 29.5 Å². The van der Waals surface area contributed by atoms with Crippen molar-refractivity contribution in [2.45, 2.75) is 44.8 Å². The van der Waals surface area contributed by atoms with Gasteiger partial charge in [0.2, 0.25) is 0 Å². The molecular weight excluding hydrogens is 344 g/mol. The van der Waals surface area contributed by atoms with Crippen molar-refractivity contribution in [2.24, 2.45) is 0 Å². The third-order valence-electron chi connectivity index (χ3n) is 4.49. The van der Waals surface area contributed by atoms with E-state index in [0.29, 0.717) is 19.4 Å². The predicted octanol–water partition coefficient (Wildman–Crippen LogP) is 3.33. The molecule has 0 aliphatic carbocycles. The number of aliphatic hydroxyl groups excluding tert-OH is 1. The highest BCUT2D eigenvalue weighted by Crippen LogP contribution is 2.29. The first-order chi connectivity index (χ1) is 11.0. The van der Waals surface area contributed by atoms with Crippen LogP contribution in [0.2, 0.25) is 0 Å². The number of benzene rings is 1. The SMILES string of the molecule is Cc1ncsc1-c1ccc([C@H](C)CC(=O)[C@@H]2C[C@@H](O)CN2)cc1.Cl. The Kier molecular flexibility index (Phi) is 6.52. The molecule has 1 aromatic heterocycles. The molecule has 0 spiro atoms. The Bertz CT molecular complexity index is 687. The number of aryl methyl sites for hydroxylation is 1. The van der Waals surface area contributed by atoms with Crippen LogP contribution in [0, 0.1) is 6.92 Å². The zero-order valence-corrected chi connectivity index (χ0v) is 15.5. The first-order valence-corrected chi connectivity index (χ1v) is 8.87. The predicted molar refractivity (Wildman–Crippen MR) is 100.0 cm³/mol. The van der Waals surface area contributed by atoms with Gasteiger partial charge in [-0.3, -0.25) is 4.79 Å². The maximum Gasteiger partial charge on any atom is 0.150 e. The van der Waals surface area contributed by atoms with E-state index in [1.165, 1.54) is 16.0 Å². The van der Waals surface area contributed by atoms with Gasteiger partial charge in [0.1, 0.15) is 5.78 Å². The summed E-state index contributed by atoms with van der Waals surface area (Å²) in [4.78, 5) is 17.8. The topological polar surface area (TPSA) is 62.2 Å². The van der Waals surface area contributed by atoms with Gasteiger partial charge in [-0.15, -0.1) is 23.7 Å². The molecule has 2 heterocycles. The molecule has 0 radical (unpaired) electrons. The van der Waals surface area contributed by atoms with Crippen LogP contribution in [-0.2, 0) is 4.79 Å². The number of carbonyl (C=O) groups is 1. The van der Waals surface area contributed by atoms with Gasteiger partial charge in [0.25, 0.3) is 0 Å². The Hall–Kier alpha value is -1.27. The largest absolute Gasteiger partial charge is 0.392 e. The standard InChI is InChI=1S/C18H22N2O2S.ClH/c1-11(7-17(22)16-8-15(21)9-19-16)13-3-5-14(6-4-13)18-12(2)20-10-23-18;/h3-6,10-11,15-16,19,21H,7-9H2,1-2H3;1H/t11-,15-,16+;/m1./s1. The van der Waals surface area contributed by atoms with E-state index in [-0.39, 0.29) is 36.3 Å². The number of thiazole rings is 1. The quantitative estimate of drug-likeness (QED) is 0.852. The molecule has 0 saturated carbocycles. The Balaban J connectivity index is 0.00000208. The lowest BCUT2D eigenvalue weighted by Crippen LogP contribution is -2.31. The second-order valence-corrected chi connectivity index (χ2v) is 7.17. The Morgan fingerprint density at radius 2 is 2.12 bits per heavy atom. The molecule has 0 amide bonds. The zero-order valence-electron chi connectivity index (χ0n) is 13.9. The minimum absolute atomic E-state index is 0.